The molecule has 0 fully saturated rings. The van der Waals surface area contributed by atoms with Gasteiger partial charge in [0.2, 0.25) is 0 Å². The van der Waals surface area contributed by atoms with Gasteiger partial charge in [-0.3, -0.25) is 4.79 Å². The fraction of sp³-hybridized carbons (Fsp3) is 0.120. The van der Waals surface area contributed by atoms with E-state index in [0.29, 0.717) is 11.1 Å². The molecule has 4 nitrogen and oxygen atoms in total. The molecule has 1 aromatic heterocycles. The lowest BCUT2D eigenvalue weighted by Crippen LogP contribution is -2.08. The average molecular weight is 384 g/mol. The van der Waals surface area contributed by atoms with Gasteiger partial charge in [-0.15, -0.1) is 0 Å². The molecule has 0 aliphatic carbocycles. The van der Waals surface area contributed by atoms with E-state index >= 15 is 0 Å². The van der Waals surface area contributed by atoms with Crippen molar-refractivity contribution in [2.24, 2.45) is 0 Å². The maximum Gasteiger partial charge on any atom is 0.341 e. The number of rotatable bonds is 5. The highest BCUT2D eigenvalue weighted by Crippen LogP contribution is 2.25. The lowest BCUT2D eigenvalue weighted by atomic mass is 10.0. The monoisotopic (exact) mass is 384 g/mol. The third-order valence-corrected chi connectivity index (χ3v) is 4.74. The summed E-state index contributed by atoms with van der Waals surface area (Å²) in [5, 5.41) is 0.361. The quantitative estimate of drug-likeness (QED) is 0.442. The molecule has 0 bridgehead atoms. The lowest BCUT2D eigenvalue weighted by Gasteiger charge is -2.08. The molecule has 4 aromatic rings. The minimum absolute atomic E-state index is 0.194. The Hall–Kier alpha value is -3.66. The number of hydrogen-bond acceptors (Lipinski definition) is 4. The number of carbonyl (C=O) groups excluding carboxylic acids is 1. The van der Waals surface area contributed by atoms with E-state index in [2.05, 4.69) is 12.1 Å². The minimum atomic E-state index is -0.503. The van der Waals surface area contributed by atoms with E-state index in [0.717, 1.165) is 17.5 Å². The predicted octanol–water partition coefficient (Wildman–Crippen LogP) is 5.23. The normalized spacial score (nSPS) is 10.8. The molecule has 0 amide bonds. The highest BCUT2D eigenvalue weighted by atomic mass is 16.5. The summed E-state index contributed by atoms with van der Waals surface area (Å²) in [7, 11) is 0. The summed E-state index contributed by atoms with van der Waals surface area (Å²) in [4.78, 5) is 24.9. The van der Waals surface area contributed by atoms with Gasteiger partial charge in [-0.25, -0.2) is 4.79 Å². The van der Waals surface area contributed by atoms with Gasteiger partial charge >= 0.3 is 5.97 Å². The molecule has 144 valence electrons. The molecule has 0 unspecified atom stereocenters. The van der Waals surface area contributed by atoms with Gasteiger partial charge in [0, 0.05) is 11.6 Å². The largest absolute Gasteiger partial charge is 0.462 e. The van der Waals surface area contributed by atoms with E-state index in [4.69, 9.17) is 9.15 Å². The molecule has 0 N–H and O–H groups in total. The third kappa shape index (κ3) is 3.97. The zero-order valence-electron chi connectivity index (χ0n) is 16.1. The Morgan fingerprint density at radius 1 is 0.897 bits per heavy atom. The third-order valence-electron chi connectivity index (χ3n) is 4.74. The smallest absolute Gasteiger partial charge is 0.341 e. The molecule has 4 rings (SSSR count). The molecule has 0 saturated carbocycles. The lowest BCUT2D eigenvalue weighted by molar-refractivity contribution is 0.0527. The topological polar surface area (TPSA) is 56.5 Å². The van der Waals surface area contributed by atoms with E-state index in [-0.39, 0.29) is 23.2 Å². The van der Waals surface area contributed by atoms with E-state index in [1.807, 2.05) is 42.5 Å². The van der Waals surface area contributed by atoms with Crippen LogP contribution in [0, 0.1) is 0 Å². The van der Waals surface area contributed by atoms with Gasteiger partial charge in [0.05, 0.1) is 12.0 Å². The second kappa shape index (κ2) is 8.15. The van der Waals surface area contributed by atoms with Gasteiger partial charge in [0.1, 0.15) is 11.3 Å². The first-order valence-corrected chi connectivity index (χ1v) is 9.53. The Labute approximate surface area is 168 Å². The molecule has 1 heterocycles. The van der Waals surface area contributed by atoms with E-state index < -0.39 is 5.97 Å². The highest BCUT2D eigenvalue weighted by molar-refractivity contribution is 6.02. The predicted molar refractivity (Wildman–Crippen MR) is 113 cm³/mol. The van der Waals surface area contributed by atoms with Crippen molar-refractivity contribution < 1.29 is 13.9 Å². The second-order valence-electron chi connectivity index (χ2n) is 6.74. The van der Waals surface area contributed by atoms with Crippen LogP contribution in [0.3, 0.4) is 0 Å². The van der Waals surface area contributed by atoms with Crippen LogP contribution in [0.2, 0.25) is 0 Å². The molecule has 0 aliphatic heterocycles. The Bertz CT molecular complexity index is 1210. The molecule has 0 radical (unpaired) electrons. The van der Waals surface area contributed by atoms with Crippen LogP contribution in [0.4, 0.5) is 0 Å². The van der Waals surface area contributed by atoms with Gasteiger partial charge < -0.3 is 9.15 Å². The van der Waals surface area contributed by atoms with Crippen molar-refractivity contribution >= 4 is 16.9 Å². The molecule has 0 atom stereocenters. The van der Waals surface area contributed by atoms with Gasteiger partial charge in [-0.1, -0.05) is 60.7 Å². The molecule has 0 aliphatic rings. The van der Waals surface area contributed by atoms with Crippen LogP contribution in [-0.4, -0.2) is 12.6 Å². The van der Waals surface area contributed by atoms with Gasteiger partial charge in [-0.2, -0.15) is 0 Å². The Balaban J connectivity index is 1.71. The molecule has 0 spiro atoms. The second-order valence-corrected chi connectivity index (χ2v) is 6.74. The van der Waals surface area contributed by atoms with Crippen molar-refractivity contribution in [1.29, 1.82) is 0 Å². The number of fused-ring (bicyclic) bond motifs is 1. The van der Waals surface area contributed by atoms with Crippen molar-refractivity contribution in [2.75, 3.05) is 6.61 Å². The fourth-order valence-electron chi connectivity index (χ4n) is 3.31. The number of esters is 1. The van der Waals surface area contributed by atoms with Crippen LogP contribution in [0.15, 0.2) is 88.1 Å². The van der Waals surface area contributed by atoms with Crippen LogP contribution in [0.25, 0.3) is 22.3 Å². The average Bonchev–Trinajstić information content (AvgIpc) is 2.75. The number of carbonyl (C=O) groups is 1. The van der Waals surface area contributed by atoms with Crippen LogP contribution < -0.4 is 5.43 Å². The molecule has 4 heteroatoms. The summed E-state index contributed by atoms with van der Waals surface area (Å²) in [6, 6.07) is 24.5. The number of hydrogen-bond donors (Lipinski definition) is 0. The van der Waals surface area contributed by atoms with Gasteiger partial charge in [0.15, 0.2) is 11.0 Å². The number of para-hydroxylation sites is 1. The van der Waals surface area contributed by atoms with Crippen LogP contribution in [0.5, 0.6) is 0 Å². The minimum Gasteiger partial charge on any atom is -0.462 e. The summed E-state index contributed by atoms with van der Waals surface area (Å²) < 4.78 is 11.1. The Kier molecular flexibility index (Phi) is 5.25. The molecular formula is C25H20O4. The molecule has 3 aromatic carbocycles. The summed E-state index contributed by atoms with van der Waals surface area (Å²) in [6.45, 7) is 1.99. The van der Waals surface area contributed by atoms with E-state index in [1.54, 1.807) is 25.1 Å². The first-order chi connectivity index (χ1) is 14.2. The van der Waals surface area contributed by atoms with Crippen LogP contribution >= 0.6 is 0 Å². The van der Waals surface area contributed by atoms with Crippen molar-refractivity contribution in [3.8, 4) is 11.3 Å². The standard InChI is InChI=1S/C25H20O4/c1-2-28-25(27)21-10-6-9-20-22(26)16-23(29-24(20)21)19-13-11-18(12-14-19)15-17-7-4-3-5-8-17/h3-14,16H,2,15H2,1H3. The summed E-state index contributed by atoms with van der Waals surface area (Å²) >= 11 is 0. The SMILES string of the molecule is CCOC(=O)c1cccc2c(=O)cc(-c3ccc(Cc4ccccc4)cc3)oc12. The van der Waals surface area contributed by atoms with Gasteiger partial charge in [-0.05, 0) is 36.6 Å². The first-order valence-electron chi connectivity index (χ1n) is 9.53. The summed E-state index contributed by atoms with van der Waals surface area (Å²) in [6.07, 6.45) is 0.829. The van der Waals surface area contributed by atoms with Crippen molar-refractivity contribution in [3.63, 3.8) is 0 Å². The maximum absolute atomic E-state index is 12.6. The fourth-order valence-corrected chi connectivity index (χ4v) is 3.31. The summed E-state index contributed by atoms with van der Waals surface area (Å²) in [5.41, 5.74) is 3.48. The van der Waals surface area contributed by atoms with Crippen LogP contribution in [0.1, 0.15) is 28.4 Å². The summed E-state index contributed by atoms with van der Waals surface area (Å²) in [5.74, 6) is -0.0814. The maximum atomic E-state index is 12.6. The van der Waals surface area contributed by atoms with Crippen molar-refractivity contribution in [1.82, 2.24) is 0 Å². The Morgan fingerprint density at radius 2 is 1.62 bits per heavy atom. The number of benzene rings is 3. The molecular weight excluding hydrogens is 364 g/mol. The van der Waals surface area contributed by atoms with Crippen molar-refractivity contribution in [2.45, 2.75) is 13.3 Å². The van der Waals surface area contributed by atoms with Crippen LogP contribution in [-0.2, 0) is 11.2 Å². The molecule has 29 heavy (non-hydrogen) atoms. The highest BCUT2D eigenvalue weighted by Gasteiger charge is 2.16. The zero-order valence-corrected chi connectivity index (χ0v) is 16.1. The molecule has 0 saturated heterocycles. The first kappa shape index (κ1) is 18.7. The zero-order chi connectivity index (χ0) is 20.2. The number of ether oxygens (including phenoxy) is 1. The van der Waals surface area contributed by atoms with E-state index in [9.17, 15) is 9.59 Å². The van der Waals surface area contributed by atoms with E-state index in [1.165, 1.54) is 11.6 Å². The van der Waals surface area contributed by atoms with Crippen molar-refractivity contribution in [3.05, 3.63) is 106 Å². The van der Waals surface area contributed by atoms with Gasteiger partial charge in [0.25, 0.3) is 0 Å². The Morgan fingerprint density at radius 3 is 2.34 bits per heavy atom.